The van der Waals surface area contributed by atoms with E-state index in [-0.39, 0.29) is 0 Å². The maximum Gasteiger partial charge on any atom is 0.261 e. The highest BCUT2D eigenvalue weighted by molar-refractivity contribution is 7.85. The van der Waals surface area contributed by atoms with Gasteiger partial charge in [-0.05, 0) is 106 Å². The van der Waals surface area contributed by atoms with Crippen LogP contribution in [0.3, 0.4) is 0 Å². The van der Waals surface area contributed by atoms with Gasteiger partial charge in [0.25, 0.3) is 10.1 Å². The molecule has 0 aromatic heterocycles. The number of rotatable bonds is 5. The molecule has 4 bridgehead atoms. The fraction of sp³-hybridized carbons (Fsp3) is 0.793. The van der Waals surface area contributed by atoms with E-state index in [1.165, 1.54) is 63.6 Å². The van der Waals surface area contributed by atoms with Gasteiger partial charge in [0.15, 0.2) is 0 Å². The van der Waals surface area contributed by atoms with Crippen molar-refractivity contribution in [1.29, 1.82) is 0 Å². The minimum absolute atomic E-state index is 0.436. The second-order valence-electron chi connectivity index (χ2n) is 12.7. The lowest BCUT2D eigenvalue weighted by molar-refractivity contribution is -0.390. The number of ether oxygens (including phenoxy) is 2. The summed E-state index contributed by atoms with van der Waals surface area (Å²) in [5.74, 6) is 3.52. The Kier molecular flexibility index (Phi) is 7.55. The van der Waals surface area contributed by atoms with Gasteiger partial charge in [-0.15, -0.1) is 0 Å². The first-order chi connectivity index (χ1) is 18.2. The van der Waals surface area contributed by atoms with Crippen LogP contribution in [-0.4, -0.2) is 61.9 Å². The highest BCUT2D eigenvalue weighted by atomic mass is 32.2. The molecule has 9 heteroatoms. The van der Waals surface area contributed by atoms with Gasteiger partial charge in [-0.3, -0.25) is 9.45 Å². The molecule has 38 heavy (non-hydrogen) atoms. The fourth-order valence-corrected chi connectivity index (χ4v) is 8.32. The Hall–Kier alpha value is -1.23. The number of hydrogen-bond acceptors (Lipinski definition) is 7. The van der Waals surface area contributed by atoms with E-state index in [4.69, 9.17) is 23.8 Å². The summed E-state index contributed by atoms with van der Waals surface area (Å²) >= 11 is 0. The van der Waals surface area contributed by atoms with Gasteiger partial charge >= 0.3 is 0 Å². The molecule has 0 amide bonds. The lowest BCUT2D eigenvalue weighted by Gasteiger charge is -2.57. The van der Waals surface area contributed by atoms with E-state index in [2.05, 4.69) is 29.2 Å². The molecular weight excluding hydrogens is 506 g/mol. The van der Waals surface area contributed by atoms with E-state index in [9.17, 15) is 8.42 Å². The average Bonchev–Trinajstić information content (AvgIpc) is 3.52. The molecule has 2 saturated heterocycles. The van der Waals surface area contributed by atoms with Gasteiger partial charge in [0.1, 0.15) is 12.4 Å². The molecule has 1 N–H and O–H groups in total. The minimum Gasteiger partial charge on any atom is -0.492 e. The van der Waals surface area contributed by atoms with Crippen LogP contribution in [0.25, 0.3) is 0 Å². The Bertz CT molecular complexity index is 1020. The quantitative estimate of drug-likeness (QED) is 0.398. The van der Waals surface area contributed by atoms with E-state index in [1.54, 1.807) is 0 Å². The summed E-state index contributed by atoms with van der Waals surface area (Å²) in [5, 5.41) is 0. The van der Waals surface area contributed by atoms with Crippen molar-refractivity contribution in [3.8, 4) is 5.75 Å². The predicted octanol–water partition coefficient (Wildman–Crippen LogP) is 5.15. The molecule has 8 rings (SSSR count). The van der Waals surface area contributed by atoms with E-state index < -0.39 is 21.7 Å². The largest absolute Gasteiger partial charge is 0.492 e. The minimum atomic E-state index is -3.67. The van der Waals surface area contributed by atoms with Crippen LogP contribution < -0.4 is 4.74 Å². The molecule has 1 aromatic carbocycles. The zero-order chi connectivity index (χ0) is 26.4. The van der Waals surface area contributed by atoms with Crippen molar-refractivity contribution >= 4 is 10.1 Å². The monoisotopic (exact) mass is 549 g/mol. The standard InChI is InChI=1S/C28H39NO4.CH4O3S/c1-2-12-29(11-1)13-14-30-26-5-3-22(4-6-26)23-7-9-27(10-8-23)31-28(33-32-27)24-16-20-15-21(18-24)19-25(28)17-20;1-5(2,3)4/h3-6,20-21,23-25H,1-2,7-19H2;1H3,(H,2,3,4). The van der Waals surface area contributed by atoms with Crippen LogP contribution in [-0.2, 0) is 24.6 Å². The van der Waals surface area contributed by atoms with Gasteiger partial charge in [-0.1, -0.05) is 12.1 Å². The van der Waals surface area contributed by atoms with Crippen molar-refractivity contribution < 1.29 is 32.2 Å². The molecule has 2 aliphatic heterocycles. The maximum atomic E-state index is 9.19. The first-order valence-electron chi connectivity index (χ1n) is 14.6. The van der Waals surface area contributed by atoms with Crippen LogP contribution in [0.15, 0.2) is 24.3 Å². The Morgan fingerprint density at radius 2 is 1.53 bits per heavy atom. The Morgan fingerprint density at radius 1 is 0.947 bits per heavy atom. The molecule has 7 fully saturated rings. The molecule has 2 spiro atoms. The van der Waals surface area contributed by atoms with Crippen LogP contribution in [0, 0.1) is 23.7 Å². The van der Waals surface area contributed by atoms with E-state index >= 15 is 0 Å². The predicted molar refractivity (Wildman–Crippen MR) is 142 cm³/mol. The lowest BCUT2D eigenvalue weighted by Crippen LogP contribution is -2.59. The normalized spacial score (nSPS) is 40.0. The van der Waals surface area contributed by atoms with E-state index in [0.29, 0.717) is 24.0 Å². The van der Waals surface area contributed by atoms with Gasteiger partial charge < -0.3 is 9.47 Å². The molecule has 8 nitrogen and oxygen atoms in total. The summed E-state index contributed by atoms with van der Waals surface area (Å²) in [6, 6.07) is 8.83. The van der Waals surface area contributed by atoms with Gasteiger partial charge in [-0.25, -0.2) is 0 Å². The summed E-state index contributed by atoms with van der Waals surface area (Å²) in [6.07, 6.45) is 14.0. The summed E-state index contributed by atoms with van der Waals surface area (Å²) < 4.78 is 38.7. The van der Waals surface area contributed by atoms with Crippen LogP contribution in [0.5, 0.6) is 5.75 Å². The van der Waals surface area contributed by atoms with Crippen LogP contribution in [0.2, 0.25) is 0 Å². The molecular formula is C29H43NO7S. The maximum absolute atomic E-state index is 9.19. The SMILES string of the molecule is CS(=O)(=O)O.c1cc(C2CCC3(CC2)OOC2(O3)C3CC4CC(C3)CC2C4)ccc1OCCN1CCCC1. The molecule has 2 heterocycles. The first kappa shape index (κ1) is 27.0. The van der Waals surface area contributed by atoms with Crippen molar-refractivity contribution in [1.82, 2.24) is 4.90 Å². The smallest absolute Gasteiger partial charge is 0.261 e. The number of likely N-dealkylation sites (tertiary alicyclic amines) is 1. The van der Waals surface area contributed by atoms with E-state index in [1.807, 2.05) is 0 Å². The third-order valence-corrected chi connectivity index (χ3v) is 9.92. The molecule has 212 valence electrons. The molecule has 0 radical (unpaired) electrons. The van der Waals surface area contributed by atoms with Gasteiger partial charge in [-0.2, -0.15) is 18.2 Å². The highest BCUT2D eigenvalue weighted by Gasteiger charge is 2.66. The Balaban J connectivity index is 0.000000487. The lowest BCUT2D eigenvalue weighted by atomic mass is 9.53. The van der Waals surface area contributed by atoms with Crippen LogP contribution >= 0.6 is 0 Å². The summed E-state index contributed by atoms with van der Waals surface area (Å²) in [7, 11) is -3.67. The van der Waals surface area contributed by atoms with Gasteiger partial charge in [0.2, 0.25) is 11.6 Å². The van der Waals surface area contributed by atoms with E-state index in [0.717, 1.165) is 56.4 Å². The number of hydrogen-bond donors (Lipinski definition) is 1. The van der Waals surface area contributed by atoms with Crippen molar-refractivity contribution in [3.63, 3.8) is 0 Å². The molecule has 1 aromatic rings. The molecule has 5 saturated carbocycles. The Morgan fingerprint density at radius 3 is 2.11 bits per heavy atom. The summed E-state index contributed by atoms with van der Waals surface area (Å²) in [5.41, 5.74) is 1.42. The first-order valence-corrected chi connectivity index (χ1v) is 16.5. The third kappa shape index (κ3) is 5.79. The third-order valence-electron chi connectivity index (χ3n) is 9.92. The second-order valence-corrected chi connectivity index (χ2v) is 14.1. The fourth-order valence-electron chi connectivity index (χ4n) is 8.32. The number of benzene rings is 1. The van der Waals surface area contributed by atoms with Gasteiger partial charge in [0, 0.05) is 31.2 Å². The average molecular weight is 550 g/mol. The zero-order valence-electron chi connectivity index (χ0n) is 22.6. The summed E-state index contributed by atoms with van der Waals surface area (Å²) in [6.45, 7) is 4.28. The van der Waals surface area contributed by atoms with Crippen molar-refractivity contribution in [2.24, 2.45) is 23.7 Å². The molecule has 0 atom stereocenters. The molecule has 0 unspecified atom stereocenters. The Labute approximate surface area is 227 Å². The van der Waals surface area contributed by atoms with Crippen molar-refractivity contribution in [2.75, 3.05) is 32.5 Å². The zero-order valence-corrected chi connectivity index (χ0v) is 23.4. The molecule has 7 aliphatic rings. The topological polar surface area (TPSA) is 94.5 Å². The molecule has 5 aliphatic carbocycles. The van der Waals surface area contributed by atoms with Gasteiger partial charge in [0.05, 0.1) is 6.26 Å². The van der Waals surface area contributed by atoms with Crippen LogP contribution in [0.1, 0.15) is 82.1 Å². The van der Waals surface area contributed by atoms with Crippen molar-refractivity contribution in [3.05, 3.63) is 29.8 Å². The highest BCUT2D eigenvalue weighted by Crippen LogP contribution is 2.64. The van der Waals surface area contributed by atoms with Crippen LogP contribution in [0.4, 0.5) is 0 Å². The van der Waals surface area contributed by atoms with Crippen molar-refractivity contribution in [2.45, 2.75) is 88.1 Å². The number of nitrogens with zero attached hydrogens (tertiary/aromatic N) is 1. The summed E-state index contributed by atoms with van der Waals surface area (Å²) in [4.78, 5) is 14.8. The second kappa shape index (κ2) is 10.6.